The van der Waals surface area contributed by atoms with E-state index in [2.05, 4.69) is 9.80 Å². The molecule has 0 spiro atoms. The first-order chi connectivity index (χ1) is 17.4. The van der Waals surface area contributed by atoms with E-state index in [1.165, 1.54) is 6.07 Å². The van der Waals surface area contributed by atoms with Gasteiger partial charge in [0.25, 0.3) is 11.1 Å². The Hall–Kier alpha value is -2.49. The van der Waals surface area contributed by atoms with E-state index < -0.39 is 22.8 Å². The van der Waals surface area contributed by atoms with Gasteiger partial charge in [0.2, 0.25) is 0 Å². The smallest absolute Gasteiger partial charge is 0.417 e. The topological polar surface area (TPSA) is 63.1 Å². The molecule has 2 fully saturated rings. The first kappa shape index (κ1) is 29.1. The van der Waals surface area contributed by atoms with Crippen LogP contribution in [0, 0.1) is 11.3 Å². The van der Waals surface area contributed by atoms with Crippen LogP contribution in [0.5, 0.6) is 0 Å². The second-order valence-electron chi connectivity index (χ2n) is 9.69. The SMILES string of the molecule is COC(=S)N1CCN(CCCCCCN2C(=S)N(c3ccc(C#N)c(C(F)(F)F)c3)C(=O)C2(C)C)CC1. The van der Waals surface area contributed by atoms with E-state index in [-0.39, 0.29) is 16.7 Å². The zero-order valence-electron chi connectivity index (χ0n) is 21.3. The molecule has 12 heteroatoms. The summed E-state index contributed by atoms with van der Waals surface area (Å²) in [6, 6.07) is 4.80. The van der Waals surface area contributed by atoms with E-state index in [4.69, 9.17) is 34.4 Å². The number of nitriles is 1. The quantitative estimate of drug-likeness (QED) is 0.346. The number of alkyl halides is 3. The Bertz CT molecular complexity index is 1070. The number of hydrogen-bond acceptors (Lipinski definition) is 6. The van der Waals surface area contributed by atoms with Crippen molar-refractivity contribution in [3.05, 3.63) is 29.3 Å². The van der Waals surface area contributed by atoms with Crippen LogP contribution in [0.25, 0.3) is 0 Å². The van der Waals surface area contributed by atoms with E-state index in [9.17, 15) is 18.0 Å². The average molecular weight is 556 g/mol. The summed E-state index contributed by atoms with van der Waals surface area (Å²) in [5.41, 5.74) is -2.54. The maximum absolute atomic E-state index is 13.5. The number of halogens is 3. The van der Waals surface area contributed by atoms with Crippen LogP contribution in [0.3, 0.4) is 0 Å². The van der Waals surface area contributed by atoms with Gasteiger partial charge in [-0.25, -0.2) is 0 Å². The molecule has 0 radical (unpaired) electrons. The zero-order chi connectivity index (χ0) is 27.4. The fourth-order valence-electron chi connectivity index (χ4n) is 4.68. The average Bonchev–Trinajstić information content (AvgIpc) is 3.03. The van der Waals surface area contributed by atoms with Crippen molar-refractivity contribution in [3.63, 3.8) is 0 Å². The molecule has 1 amide bonds. The van der Waals surface area contributed by atoms with Crippen molar-refractivity contribution in [3.8, 4) is 6.07 Å². The predicted octanol–water partition coefficient (Wildman–Crippen LogP) is 4.40. The van der Waals surface area contributed by atoms with Gasteiger partial charge >= 0.3 is 6.18 Å². The maximum atomic E-state index is 13.5. The standard InChI is InChI=1S/C25H32F3N5O2S2/c1-24(2)21(34)33(19-9-8-18(17-29)20(16-19)25(26,27)28)22(36)32(24)11-7-5-4-6-10-30-12-14-31(15-13-30)23(37)35-3/h8-9,16H,4-7,10-15H2,1-3H3. The third-order valence-electron chi connectivity index (χ3n) is 6.92. The number of rotatable bonds is 8. The largest absolute Gasteiger partial charge is 0.474 e. The van der Waals surface area contributed by atoms with Crippen LogP contribution in [0.1, 0.15) is 50.7 Å². The highest BCUT2D eigenvalue weighted by Gasteiger charge is 2.49. The van der Waals surface area contributed by atoms with Gasteiger partial charge < -0.3 is 14.5 Å². The highest BCUT2D eigenvalue weighted by molar-refractivity contribution is 7.80. The summed E-state index contributed by atoms with van der Waals surface area (Å²) in [4.78, 5) is 20.6. The highest BCUT2D eigenvalue weighted by atomic mass is 32.1. The summed E-state index contributed by atoms with van der Waals surface area (Å²) in [5.74, 6) is -0.387. The van der Waals surface area contributed by atoms with E-state index in [1.54, 1.807) is 31.9 Å². The van der Waals surface area contributed by atoms with Crippen LogP contribution in [-0.4, -0.2) is 82.8 Å². The third kappa shape index (κ3) is 6.51. The summed E-state index contributed by atoms with van der Waals surface area (Å²) in [6.07, 6.45) is -0.877. The van der Waals surface area contributed by atoms with Crippen LogP contribution in [0.2, 0.25) is 0 Å². The van der Waals surface area contributed by atoms with Gasteiger partial charge in [-0.1, -0.05) is 12.8 Å². The molecule has 0 aliphatic carbocycles. The minimum atomic E-state index is -4.72. The molecule has 1 aromatic rings. The van der Waals surface area contributed by atoms with Crippen molar-refractivity contribution in [2.45, 2.75) is 51.2 Å². The minimum Gasteiger partial charge on any atom is -0.474 e. The molecule has 7 nitrogen and oxygen atoms in total. The fraction of sp³-hybridized carbons (Fsp3) is 0.600. The fourth-order valence-corrected chi connectivity index (χ4v) is 5.37. The molecule has 0 unspecified atom stereocenters. The minimum absolute atomic E-state index is 0.0169. The number of thiocarbonyl (C=S) groups is 2. The van der Waals surface area contributed by atoms with Crippen molar-refractivity contribution >= 4 is 46.3 Å². The lowest BCUT2D eigenvalue weighted by molar-refractivity contribution is -0.137. The number of ether oxygens (including phenoxy) is 1. The number of anilines is 1. The maximum Gasteiger partial charge on any atom is 0.417 e. The van der Waals surface area contributed by atoms with Crippen LogP contribution in [0.15, 0.2) is 18.2 Å². The summed E-state index contributed by atoms with van der Waals surface area (Å²) in [5, 5.41) is 9.78. The molecular formula is C25H32F3N5O2S2. The predicted molar refractivity (Wildman–Crippen MR) is 143 cm³/mol. The van der Waals surface area contributed by atoms with E-state index in [0.717, 1.165) is 75.4 Å². The van der Waals surface area contributed by atoms with Crippen molar-refractivity contribution in [2.24, 2.45) is 0 Å². The molecule has 0 saturated carbocycles. The number of carbonyl (C=O) groups is 1. The Morgan fingerprint density at radius 1 is 1.11 bits per heavy atom. The van der Waals surface area contributed by atoms with Crippen LogP contribution in [0.4, 0.5) is 18.9 Å². The molecule has 2 heterocycles. The lowest BCUT2D eigenvalue weighted by atomic mass is 10.0. The van der Waals surface area contributed by atoms with Gasteiger partial charge in [0.15, 0.2) is 5.11 Å². The monoisotopic (exact) mass is 555 g/mol. The zero-order valence-corrected chi connectivity index (χ0v) is 22.9. The number of benzene rings is 1. The lowest BCUT2D eigenvalue weighted by Crippen LogP contribution is -2.48. The first-order valence-electron chi connectivity index (χ1n) is 12.2. The number of methoxy groups -OCH3 is 1. The van der Waals surface area contributed by atoms with Crippen LogP contribution < -0.4 is 4.90 Å². The third-order valence-corrected chi connectivity index (χ3v) is 7.75. The lowest BCUT2D eigenvalue weighted by Gasteiger charge is -2.35. The number of amides is 1. The molecular weight excluding hydrogens is 523 g/mol. The summed E-state index contributed by atoms with van der Waals surface area (Å²) in [6.45, 7) is 8.62. The molecule has 2 aliphatic rings. The Kier molecular flexibility index (Phi) is 9.37. The van der Waals surface area contributed by atoms with Gasteiger partial charge in [-0.15, -0.1) is 0 Å². The van der Waals surface area contributed by atoms with Gasteiger partial charge in [0.05, 0.1) is 30.0 Å². The molecule has 3 rings (SSSR count). The molecule has 0 aromatic heterocycles. The molecule has 2 saturated heterocycles. The second kappa shape index (κ2) is 11.9. The Morgan fingerprint density at radius 3 is 2.30 bits per heavy atom. The van der Waals surface area contributed by atoms with Gasteiger partial charge in [-0.05, 0) is 75.9 Å². The van der Waals surface area contributed by atoms with Crippen LogP contribution >= 0.6 is 24.4 Å². The molecule has 2 aliphatic heterocycles. The number of piperazine rings is 1. The number of hydrogen-bond donors (Lipinski definition) is 0. The molecule has 37 heavy (non-hydrogen) atoms. The van der Waals surface area contributed by atoms with Crippen molar-refractivity contribution in [1.82, 2.24) is 14.7 Å². The summed E-state index contributed by atoms with van der Waals surface area (Å²) >= 11 is 10.7. The van der Waals surface area contributed by atoms with Crippen molar-refractivity contribution in [1.29, 1.82) is 5.26 Å². The van der Waals surface area contributed by atoms with Gasteiger partial charge in [0, 0.05) is 32.7 Å². The van der Waals surface area contributed by atoms with Crippen molar-refractivity contribution < 1.29 is 22.7 Å². The van der Waals surface area contributed by atoms with Gasteiger partial charge in [0.1, 0.15) is 5.54 Å². The Balaban J connectivity index is 1.52. The summed E-state index contributed by atoms with van der Waals surface area (Å²) in [7, 11) is 1.59. The molecule has 202 valence electrons. The Morgan fingerprint density at radius 2 is 1.73 bits per heavy atom. The first-order valence-corrected chi connectivity index (χ1v) is 13.1. The normalized spacial score (nSPS) is 18.4. The number of carbonyl (C=O) groups excluding carboxylic acids is 1. The summed E-state index contributed by atoms with van der Waals surface area (Å²) < 4.78 is 45.5. The van der Waals surface area contributed by atoms with E-state index >= 15 is 0 Å². The molecule has 1 aromatic carbocycles. The molecule has 0 bridgehead atoms. The van der Waals surface area contributed by atoms with Gasteiger partial charge in [-0.2, -0.15) is 18.4 Å². The highest BCUT2D eigenvalue weighted by Crippen LogP contribution is 2.38. The van der Waals surface area contributed by atoms with Crippen molar-refractivity contribution in [2.75, 3.05) is 51.3 Å². The Labute approximate surface area is 226 Å². The second-order valence-corrected chi connectivity index (χ2v) is 10.4. The van der Waals surface area contributed by atoms with E-state index in [0.29, 0.717) is 11.7 Å². The molecule has 0 atom stereocenters. The van der Waals surface area contributed by atoms with Gasteiger partial charge in [-0.3, -0.25) is 14.6 Å². The molecule has 0 N–H and O–H groups in total. The van der Waals surface area contributed by atoms with Crippen LogP contribution in [-0.2, 0) is 15.7 Å². The number of nitrogens with zero attached hydrogens (tertiary/aromatic N) is 5. The van der Waals surface area contributed by atoms with E-state index in [1.807, 2.05) is 0 Å². The number of unbranched alkanes of at least 4 members (excludes halogenated alkanes) is 3.